The lowest BCUT2D eigenvalue weighted by atomic mass is 10.1. The van der Waals surface area contributed by atoms with Gasteiger partial charge in [0, 0.05) is 14.6 Å². The van der Waals surface area contributed by atoms with Gasteiger partial charge in [0.1, 0.15) is 5.82 Å². The minimum atomic E-state index is -0.959. The lowest BCUT2D eigenvalue weighted by Crippen LogP contribution is -2.02. The molecular weight excluding hydrogens is 379 g/mol. The lowest BCUT2D eigenvalue weighted by Gasteiger charge is -2.09. The molecule has 0 saturated heterocycles. The Morgan fingerprint density at radius 2 is 1.81 bits per heavy atom. The summed E-state index contributed by atoms with van der Waals surface area (Å²) in [5, 5.41) is 13.1. The number of anilines is 2. The molecule has 3 rings (SSSR count). The average Bonchev–Trinajstić information content (AvgIpc) is 2.48. The van der Waals surface area contributed by atoms with E-state index in [1.807, 2.05) is 36.4 Å². The number of fused-ring (bicyclic) bond motifs is 1. The minimum absolute atomic E-state index is 0.244. The zero-order chi connectivity index (χ0) is 14.8. The molecule has 21 heavy (non-hydrogen) atoms. The number of hydrogen-bond acceptors (Lipinski definition) is 3. The second-order valence-corrected chi connectivity index (χ2v) is 5.75. The maximum atomic E-state index is 11.4. The van der Waals surface area contributed by atoms with Gasteiger partial charge in [0.25, 0.3) is 0 Å². The number of pyridine rings is 1. The van der Waals surface area contributed by atoms with Crippen LogP contribution in [0.1, 0.15) is 10.4 Å². The Bertz CT molecular complexity index is 816. The van der Waals surface area contributed by atoms with Crippen LogP contribution in [0, 0.1) is 3.57 Å². The zero-order valence-electron chi connectivity index (χ0n) is 10.9. The van der Waals surface area contributed by atoms with Gasteiger partial charge >= 0.3 is 5.97 Å². The molecule has 0 atom stereocenters. The molecule has 2 aromatic carbocycles. The lowest BCUT2D eigenvalue weighted by molar-refractivity contribution is 0.0699. The Balaban J connectivity index is 2.06. The molecule has 0 aliphatic heterocycles. The van der Waals surface area contributed by atoms with Gasteiger partial charge in [0.05, 0.1) is 11.1 Å². The van der Waals surface area contributed by atoms with E-state index < -0.39 is 5.97 Å². The summed E-state index contributed by atoms with van der Waals surface area (Å²) in [6.45, 7) is 0. The molecule has 5 heteroatoms. The summed E-state index contributed by atoms with van der Waals surface area (Å²) in [6.07, 6.45) is 0. The van der Waals surface area contributed by atoms with Gasteiger partial charge in [-0.15, -0.1) is 0 Å². The first kappa shape index (κ1) is 13.8. The van der Waals surface area contributed by atoms with Crippen molar-refractivity contribution < 1.29 is 9.90 Å². The number of carbonyl (C=O) groups is 1. The summed E-state index contributed by atoms with van der Waals surface area (Å²) in [6, 6.07) is 16.6. The Morgan fingerprint density at radius 3 is 2.52 bits per heavy atom. The molecule has 0 aliphatic carbocycles. The van der Waals surface area contributed by atoms with Gasteiger partial charge < -0.3 is 10.4 Å². The average molecular weight is 390 g/mol. The molecule has 0 saturated carbocycles. The van der Waals surface area contributed by atoms with Gasteiger partial charge in [-0.1, -0.05) is 18.2 Å². The molecule has 1 heterocycles. The van der Waals surface area contributed by atoms with Crippen molar-refractivity contribution >= 4 is 51.0 Å². The van der Waals surface area contributed by atoms with Crippen LogP contribution in [0.2, 0.25) is 0 Å². The Hall–Kier alpha value is -2.15. The van der Waals surface area contributed by atoms with E-state index >= 15 is 0 Å². The van der Waals surface area contributed by atoms with E-state index in [9.17, 15) is 9.90 Å². The molecule has 2 N–H and O–H groups in total. The SMILES string of the molecule is O=C(O)c1cc(Nc2ccc(I)cc2)nc2ccccc12. The number of aromatic carboxylic acids is 1. The zero-order valence-corrected chi connectivity index (χ0v) is 13.0. The van der Waals surface area contributed by atoms with Gasteiger partial charge in [-0.2, -0.15) is 0 Å². The number of halogens is 1. The molecule has 104 valence electrons. The van der Waals surface area contributed by atoms with E-state index in [0.29, 0.717) is 16.7 Å². The molecule has 0 aliphatic rings. The summed E-state index contributed by atoms with van der Waals surface area (Å²) in [5.41, 5.74) is 1.77. The number of rotatable bonds is 3. The van der Waals surface area contributed by atoms with Crippen molar-refractivity contribution in [3.05, 3.63) is 63.7 Å². The first-order valence-corrected chi connectivity index (χ1v) is 7.37. The van der Waals surface area contributed by atoms with Gasteiger partial charge in [-0.05, 0) is 59.0 Å². The number of benzene rings is 2. The first-order valence-electron chi connectivity index (χ1n) is 6.29. The van der Waals surface area contributed by atoms with Crippen molar-refractivity contribution in [2.45, 2.75) is 0 Å². The van der Waals surface area contributed by atoms with E-state index in [-0.39, 0.29) is 5.56 Å². The second-order valence-electron chi connectivity index (χ2n) is 4.51. The van der Waals surface area contributed by atoms with Gasteiger partial charge in [0.15, 0.2) is 0 Å². The summed E-state index contributed by atoms with van der Waals surface area (Å²) in [4.78, 5) is 15.9. The predicted molar refractivity (Wildman–Crippen MR) is 91.1 cm³/mol. The molecule has 0 amide bonds. The molecule has 0 bridgehead atoms. The molecular formula is C16H11IN2O2. The Labute approximate surface area is 135 Å². The number of nitrogens with one attached hydrogen (secondary N) is 1. The summed E-state index contributed by atoms with van der Waals surface area (Å²) in [5.74, 6) is -0.438. The number of carboxylic acids is 1. The topological polar surface area (TPSA) is 62.2 Å². The molecule has 0 unspecified atom stereocenters. The van der Waals surface area contributed by atoms with Crippen molar-refractivity contribution in [3.63, 3.8) is 0 Å². The van der Waals surface area contributed by atoms with Crippen molar-refractivity contribution in [2.75, 3.05) is 5.32 Å². The van der Waals surface area contributed by atoms with Crippen molar-refractivity contribution in [3.8, 4) is 0 Å². The van der Waals surface area contributed by atoms with Crippen LogP contribution < -0.4 is 5.32 Å². The summed E-state index contributed by atoms with van der Waals surface area (Å²) < 4.78 is 1.14. The highest BCUT2D eigenvalue weighted by atomic mass is 127. The van der Waals surface area contributed by atoms with E-state index in [2.05, 4.69) is 32.9 Å². The molecule has 0 radical (unpaired) electrons. The maximum absolute atomic E-state index is 11.4. The number of carboxylic acid groups (broad SMARTS) is 1. The van der Waals surface area contributed by atoms with Crippen LogP contribution in [0.4, 0.5) is 11.5 Å². The van der Waals surface area contributed by atoms with Crippen LogP contribution in [-0.4, -0.2) is 16.1 Å². The van der Waals surface area contributed by atoms with E-state index in [1.54, 1.807) is 18.2 Å². The minimum Gasteiger partial charge on any atom is -0.478 e. The van der Waals surface area contributed by atoms with Crippen LogP contribution in [-0.2, 0) is 0 Å². The highest BCUT2D eigenvalue weighted by molar-refractivity contribution is 14.1. The smallest absolute Gasteiger partial charge is 0.336 e. The van der Waals surface area contributed by atoms with E-state index in [0.717, 1.165) is 9.26 Å². The molecule has 3 aromatic rings. The van der Waals surface area contributed by atoms with Crippen molar-refractivity contribution in [1.82, 2.24) is 4.98 Å². The fourth-order valence-electron chi connectivity index (χ4n) is 2.10. The highest BCUT2D eigenvalue weighted by Crippen LogP contribution is 2.23. The van der Waals surface area contributed by atoms with Gasteiger partial charge in [0.2, 0.25) is 0 Å². The van der Waals surface area contributed by atoms with Crippen LogP contribution in [0.5, 0.6) is 0 Å². The van der Waals surface area contributed by atoms with Crippen molar-refractivity contribution in [1.29, 1.82) is 0 Å². The van der Waals surface area contributed by atoms with E-state index in [4.69, 9.17) is 0 Å². The van der Waals surface area contributed by atoms with Crippen LogP contribution in [0.25, 0.3) is 10.9 Å². The van der Waals surface area contributed by atoms with Crippen LogP contribution in [0.15, 0.2) is 54.6 Å². The molecule has 4 nitrogen and oxygen atoms in total. The maximum Gasteiger partial charge on any atom is 0.336 e. The monoisotopic (exact) mass is 390 g/mol. The first-order chi connectivity index (χ1) is 10.1. The molecule has 1 aromatic heterocycles. The standard InChI is InChI=1S/C16H11IN2O2/c17-10-5-7-11(8-6-10)18-15-9-13(16(20)21)12-3-1-2-4-14(12)19-15/h1-9H,(H,18,19)(H,20,21). The fourth-order valence-corrected chi connectivity index (χ4v) is 2.46. The van der Waals surface area contributed by atoms with Crippen LogP contribution >= 0.6 is 22.6 Å². The van der Waals surface area contributed by atoms with Crippen LogP contribution in [0.3, 0.4) is 0 Å². The van der Waals surface area contributed by atoms with Gasteiger partial charge in [-0.25, -0.2) is 9.78 Å². The number of aromatic nitrogens is 1. The number of para-hydroxylation sites is 1. The second kappa shape index (κ2) is 5.69. The normalized spacial score (nSPS) is 10.5. The quantitative estimate of drug-likeness (QED) is 0.656. The fraction of sp³-hybridized carbons (Fsp3) is 0. The van der Waals surface area contributed by atoms with E-state index in [1.165, 1.54) is 0 Å². The molecule has 0 spiro atoms. The third-order valence-corrected chi connectivity index (χ3v) is 3.78. The summed E-state index contributed by atoms with van der Waals surface area (Å²) >= 11 is 2.23. The summed E-state index contributed by atoms with van der Waals surface area (Å²) in [7, 11) is 0. The third-order valence-electron chi connectivity index (χ3n) is 3.06. The predicted octanol–water partition coefficient (Wildman–Crippen LogP) is 4.28. The highest BCUT2D eigenvalue weighted by Gasteiger charge is 2.11. The third kappa shape index (κ3) is 2.97. The molecule has 0 fully saturated rings. The number of hydrogen-bond donors (Lipinski definition) is 2. The largest absolute Gasteiger partial charge is 0.478 e. The Kier molecular flexibility index (Phi) is 3.74. The van der Waals surface area contributed by atoms with Gasteiger partial charge in [-0.3, -0.25) is 0 Å². The van der Waals surface area contributed by atoms with Crippen molar-refractivity contribution in [2.24, 2.45) is 0 Å². The Morgan fingerprint density at radius 1 is 1.10 bits per heavy atom. The number of nitrogens with zero attached hydrogens (tertiary/aromatic N) is 1.